The van der Waals surface area contributed by atoms with Crippen molar-refractivity contribution in [1.29, 1.82) is 0 Å². The highest BCUT2D eigenvalue weighted by Crippen LogP contribution is 2.44. The SMILES string of the molecule is [2H]c1cc2c(-c3c([2H])c([2H])c(-c4c([2H])c([2H])c([2H])c([2H])c4[2H])c([2H])c3[2H])c3cc([2H])c([2H])cc3c(-c3c([2H])c([2H])c4c(oc5c([2H])c([2H])c([2H])c([2H])c54)c3[2H])c2cc1[2H]. The first-order valence-electron chi connectivity index (χ1n) is 21.7. The Kier molecular flexibility index (Phi) is 2.21. The maximum absolute atomic E-state index is 9.40. The largest absolute Gasteiger partial charge is 0.456 e. The van der Waals surface area contributed by atoms with Gasteiger partial charge in [0.2, 0.25) is 0 Å². The molecule has 8 aromatic rings. The predicted molar refractivity (Wildman–Crippen MR) is 165 cm³/mol. The van der Waals surface area contributed by atoms with Gasteiger partial charge >= 0.3 is 0 Å². The smallest absolute Gasteiger partial charge is 0.136 e. The Morgan fingerprint density at radius 3 is 1.51 bits per heavy atom. The number of para-hydroxylation sites is 1. The minimum Gasteiger partial charge on any atom is -0.456 e. The highest BCUT2D eigenvalue weighted by atomic mass is 16.3. The molecule has 0 radical (unpaired) electrons. The molecule has 182 valence electrons. The molecule has 0 fully saturated rings. The van der Waals surface area contributed by atoms with Gasteiger partial charge in [0.15, 0.2) is 0 Å². The Hall–Kier alpha value is -5.14. The molecular weight excluding hydrogens is 472 g/mol. The standard InChI is InChI=1S/C38H24O/c1-2-10-25(11-3-1)26-18-20-27(21-19-26)37-31-13-4-6-15-33(31)38(34-16-7-5-14-32(34)37)28-22-23-30-29-12-8-9-17-35(29)39-36(30)24-28/h1-24H/i1D,2D,3D,4D,5D,6D,7D,8D,9D,10D,11D,12D,17D,18D,19D,20D,21D,22D,23D,24D. The van der Waals surface area contributed by atoms with Crippen molar-refractivity contribution in [1.82, 2.24) is 0 Å². The lowest BCUT2D eigenvalue weighted by Crippen LogP contribution is -1.91. The molecule has 0 atom stereocenters. The van der Waals surface area contributed by atoms with E-state index in [0.29, 0.717) is 0 Å². The number of fused-ring (bicyclic) bond motifs is 5. The number of benzene rings is 7. The van der Waals surface area contributed by atoms with Crippen molar-refractivity contribution in [2.75, 3.05) is 0 Å². The maximum atomic E-state index is 9.40. The van der Waals surface area contributed by atoms with Crippen LogP contribution >= 0.6 is 0 Å². The fourth-order valence-corrected chi connectivity index (χ4v) is 4.78. The quantitative estimate of drug-likeness (QED) is 0.213. The zero-order chi connectivity index (χ0) is 43.2. The molecule has 8 rings (SSSR count). The summed E-state index contributed by atoms with van der Waals surface area (Å²) >= 11 is 0. The van der Waals surface area contributed by atoms with Gasteiger partial charge in [0.05, 0.1) is 27.4 Å². The van der Waals surface area contributed by atoms with Crippen LogP contribution in [0.15, 0.2) is 150 Å². The summed E-state index contributed by atoms with van der Waals surface area (Å²) in [5.74, 6) is 0. The minimum atomic E-state index is -0.790. The van der Waals surface area contributed by atoms with Gasteiger partial charge in [-0.3, -0.25) is 0 Å². The lowest BCUT2D eigenvalue weighted by molar-refractivity contribution is 0.669. The number of hydrogen-bond acceptors (Lipinski definition) is 1. The third-order valence-electron chi connectivity index (χ3n) is 6.45. The van der Waals surface area contributed by atoms with Gasteiger partial charge in [0.1, 0.15) is 11.2 Å². The first-order chi connectivity index (χ1) is 27.6. The zero-order valence-corrected chi connectivity index (χ0v) is 19.7. The Morgan fingerprint density at radius 2 is 0.846 bits per heavy atom. The van der Waals surface area contributed by atoms with Crippen molar-refractivity contribution in [3.63, 3.8) is 0 Å². The van der Waals surface area contributed by atoms with E-state index in [1.165, 1.54) is 24.3 Å². The monoisotopic (exact) mass is 516 g/mol. The first kappa shape index (κ1) is 9.87. The van der Waals surface area contributed by atoms with Crippen molar-refractivity contribution >= 4 is 43.5 Å². The Labute approximate surface area is 254 Å². The summed E-state index contributed by atoms with van der Waals surface area (Å²) < 4.78 is 179. The van der Waals surface area contributed by atoms with Crippen LogP contribution in [-0.4, -0.2) is 0 Å². The molecule has 39 heavy (non-hydrogen) atoms. The fourth-order valence-electron chi connectivity index (χ4n) is 4.78. The summed E-state index contributed by atoms with van der Waals surface area (Å²) in [6.45, 7) is 0. The Morgan fingerprint density at radius 1 is 0.359 bits per heavy atom. The van der Waals surface area contributed by atoms with Crippen LogP contribution < -0.4 is 0 Å². The second-order valence-corrected chi connectivity index (χ2v) is 8.57. The van der Waals surface area contributed by atoms with Gasteiger partial charge in [0, 0.05) is 10.8 Å². The first-order valence-corrected chi connectivity index (χ1v) is 11.7. The molecule has 7 aromatic carbocycles. The molecule has 1 heteroatoms. The predicted octanol–water partition coefficient (Wildman–Crippen LogP) is 10.9. The molecule has 0 bridgehead atoms. The minimum absolute atomic E-state index is 0.0155. The molecule has 0 saturated carbocycles. The van der Waals surface area contributed by atoms with Crippen LogP contribution in [0.5, 0.6) is 0 Å². The highest BCUT2D eigenvalue weighted by molar-refractivity contribution is 6.22. The number of hydrogen-bond donors (Lipinski definition) is 0. The van der Waals surface area contributed by atoms with Gasteiger partial charge in [-0.25, -0.2) is 0 Å². The van der Waals surface area contributed by atoms with Crippen LogP contribution in [0.3, 0.4) is 0 Å². The third kappa shape index (κ3) is 3.48. The van der Waals surface area contributed by atoms with E-state index in [4.69, 9.17) is 26.3 Å². The zero-order valence-electron chi connectivity index (χ0n) is 39.7. The summed E-state index contributed by atoms with van der Waals surface area (Å²) in [6.07, 6.45) is 0. The average molecular weight is 517 g/mol. The van der Waals surface area contributed by atoms with Crippen LogP contribution in [0.1, 0.15) is 27.4 Å². The number of furan rings is 1. The molecule has 1 heterocycles. The van der Waals surface area contributed by atoms with Crippen molar-refractivity contribution < 1.29 is 31.8 Å². The van der Waals surface area contributed by atoms with Gasteiger partial charge in [-0.2, -0.15) is 0 Å². The van der Waals surface area contributed by atoms with E-state index in [1.54, 1.807) is 0 Å². The van der Waals surface area contributed by atoms with Gasteiger partial charge in [-0.15, -0.1) is 0 Å². The van der Waals surface area contributed by atoms with Crippen molar-refractivity contribution in [3.8, 4) is 33.4 Å². The molecule has 0 aliphatic heterocycles. The van der Waals surface area contributed by atoms with Gasteiger partial charge in [-0.05, 0) is 73.1 Å². The highest BCUT2D eigenvalue weighted by Gasteiger charge is 2.17. The molecule has 0 aliphatic carbocycles. The van der Waals surface area contributed by atoms with E-state index in [2.05, 4.69) is 0 Å². The second kappa shape index (κ2) is 8.72. The molecule has 1 nitrogen and oxygen atoms in total. The molecule has 0 amide bonds. The third-order valence-corrected chi connectivity index (χ3v) is 6.45. The van der Waals surface area contributed by atoms with Crippen LogP contribution in [0.2, 0.25) is 0 Å². The molecule has 1 aromatic heterocycles. The Balaban J connectivity index is 1.57. The normalized spacial score (nSPS) is 18.8. The summed E-state index contributed by atoms with van der Waals surface area (Å²) in [5.41, 5.74) is -2.82. The molecule has 0 N–H and O–H groups in total. The van der Waals surface area contributed by atoms with Crippen molar-refractivity contribution in [3.05, 3.63) is 145 Å². The van der Waals surface area contributed by atoms with E-state index < -0.39 is 113 Å². The van der Waals surface area contributed by atoms with Crippen molar-refractivity contribution in [2.45, 2.75) is 0 Å². The van der Waals surface area contributed by atoms with Gasteiger partial charge in [0.25, 0.3) is 0 Å². The van der Waals surface area contributed by atoms with E-state index in [0.717, 1.165) is 0 Å². The summed E-state index contributed by atoms with van der Waals surface area (Å²) in [4.78, 5) is 0. The maximum Gasteiger partial charge on any atom is 0.136 e. The lowest BCUT2D eigenvalue weighted by atomic mass is 9.85. The summed E-state index contributed by atoms with van der Waals surface area (Å²) in [7, 11) is 0. The molecule has 0 spiro atoms. The summed E-state index contributed by atoms with van der Waals surface area (Å²) in [5, 5.41) is -0.544. The number of rotatable bonds is 3. The second-order valence-electron chi connectivity index (χ2n) is 8.57. The molecule has 0 aliphatic rings. The van der Waals surface area contributed by atoms with Gasteiger partial charge in [-0.1, -0.05) is 127 Å². The molecule has 0 unspecified atom stereocenters. The van der Waals surface area contributed by atoms with E-state index >= 15 is 0 Å². The van der Waals surface area contributed by atoms with E-state index in [-0.39, 0.29) is 84.3 Å². The van der Waals surface area contributed by atoms with E-state index in [1.807, 2.05) is 0 Å². The lowest BCUT2D eigenvalue weighted by Gasteiger charge is -2.18. The van der Waals surface area contributed by atoms with Crippen LogP contribution in [-0.2, 0) is 0 Å². The average Bonchev–Trinajstić information content (AvgIpc) is 3.61. The molecular formula is C38H24O. The van der Waals surface area contributed by atoms with Crippen LogP contribution in [0.25, 0.3) is 76.9 Å². The van der Waals surface area contributed by atoms with E-state index in [9.17, 15) is 5.48 Å². The molecule has 0 saturated heterocycles. The fraction of sp³-hybridized carbons (Fsp3) is 0. The Bertz CT molecular complexity index is 3150. The van der Waals surface area contributed by atoms with Crippen LogP contribution in [0.4, 0.5) is 0 Å². The van der Waals surface area contributed by atoms with Crippen LogP contribution in [0, 0.1) is 0 Å². The topological polar surface area (TPSA) is 13.1 Å². The van der Waals surface area contributed by atoms with Gasteiger partial charge < -0.3 is 4.42 Å². The van der Waals surface area contributed by atoms with Crippen molar-refractivity contribution in [2.24, 2.45) is 0 Å². The summed E-state index contributed by atoms with van der Waals surface area (Å²) in [6, 6.07) is -7.77.